The Kier molecular flexibility index (Phi) is 6.77. The Labute approximate surface area is 188 Å². The predicted molar refractivity (Wildman–Crippen MR) is 117 cm³/mol. The minimum atomic E-state index is -4.69. The van der Waals surface area contributed by atoms with E-state index in [1.165, 1.54) is 24.3 Å². The van der Waals surface area contributed by atoms with Crippen molar-refractivity contribution in [2.45, 2.75) is 24.9 Å². The number of amides is 1. The van der Waals surface area contributed by atoms with Gasteiger partial charge in [0.25, 0.3) is 5.91 Å². The van der Waals surface area contributed by atoms with E-state index >= 15 is 0 Å². The Morgan fingerprint density at radius 3 is 2.69 bits per heavy atom. The smallest absolute Gasteiger partial charge is 0.335 e. The molecule has 0 saturated carbocycles. The first-order chi connectivity index (χ1) is 14.8. The van der Waals surface area contributed by atoms with Crippen LogP contribution in [0.4, 0.5) is 18.9 Å². The molecule has 0 radical (unpaired) electrons. The highest BCUT2D eigenvalue weighted by molar-refractivity contribution is 6.06. The van der Waals surface area contributed by atoms with Crippen LogP contribution in [0.1, 0.15) is 45.8 Å². The van der Waals surface area contributed by atoms with Gasteiger partial charge in [-0.1, -0.05) is 6.07 Å². The van der Waals surface area contributed by atoms with Crippen LogP contribution < -0.4 is 10.6 Å². The SMILES string of the molecule is Cl.Cn1cc(C2CCNCC2)c2c(C(F)(F)F)c(NC(=O)c3cccc(C#N)c3)cnc21. The van der Waals surface area contributed by atoms with Crippen molar-refractivity contribution in [2.75, 3.05) is 18.4 Å². The van der Waals surface area contributed by atoms with Crippen molar-refractivity contribution in [3.63, 3.8) is 0 Å². The summed E-state index contributed by atoms with van der Waals surface area (Å²) in [4.78, 5) is 16.9. The maximum absolute atomic E-state index is 14.3. The summed E-state index contributed by atoms with van der Waals surface area (Å²) in [5, 5.41) is 14.6. The Balaban J connectivity index is 0.00000289. The largest absolute Gasteiger partial charge is 0.419 e. The lowest BCUT2D eigenvalue weighted by molar-refractivity contribution is -0.135. The molecule has 3 heterocycles. The molecule has 0 atom stereocenters. The molecule has 1 aliphatic heterocycles. The molecule has 2 N–H and O–H groups in total. The van der Waals surface area contributed by atoms with Gasteiger partial charge < -0.3 is 15.2 Å². The van der Waals surface area contributed by atoms with Gasteiger partial charge in [0.05, 0.1) is 29.1 Å². The summed E-state index contributed by atoms with van der Waals surface area (Å²) in [5.41, 5.74) is -0.121. The number of nitriles is 1. The van der Waals surface area contributed by atoms with Crippen LogP contribution in [0.5, 0.6) is 0 Å². The summed E-state index contributed by atoms with van der Waals surface area (Å²) in [5.74, 6) is -0.755. The van der Waals surface area contributed by atoms with Gasteiger partial charge >= 0.3 is 6.18 Å². The third-order valence-electron chi connectivity index (χ3n) is 5.58. The Morgan fingerprint density at radius 1 is 1.31 bits per heavy atom. The molecular weight excluding hydrogens is 443 g/mol. The van der Waals surface area contributed by atoms with Gasteiger partial charge in [-0.05, 0) is 55.6 Å². The van der Waals surface area contributed by atoms with Crippen molar-refractivity contribution >= 4 is 35.0 Å². The highest BCUT2D eigenvalue weighted by atomic mass is 35.5. The molecule has 0 unspecified atom stereocenters. The summed E-state index contributed by atoms with van der Waals surface area (Å²) >= 11 is 0. The first kappa shape index (κ1) is 23.6. The average Bonchev–Trinajstić information content (AvgIpc) is 3.09. The number of benzene rings is 1. The van der Waals surface area contributed by atoms with E-state index in [0.717, 1.165) is 32.1 Å². The quantitative estimate of drug-likeness (QED) is 0.594. The fourth-order valence-corrected chi connectivity index (χ4v) is 4.13. The molecular formula is C22H21ClF3N5O. The normalized spacial score (nSPS) is 14.6. The average molecular weight is 464 g/mol. The summed E-state index contributed by atoms with van der Waals surface area (Å²) in [6.45, 7) is 1.48. The third kappa shape index (κ3) is 4.42. The lowest BCUT2D eigenvalue weighted by Gasteiger charge is -2.23. The molecule has 1 fully saturated rings. The molecule has 0 aliphatic carbocycles. The first-order valence-electron chi connectivity index (χ1n) is 9.87. The number of rotatable bonds is 3. The zero-order valence-electron chi connectivity index (χ0n) is 17.2. The van der Waals surface area contributed by atoms with Crippen LogP contribution >= 0.6 is 12.4 Å². The van der Waals surface area contributed by atoms with Crippen LogP contribution in [0.2, 0.25) is 0 Å². The number of pyridine rings is 1. The first-order valence-corrected chi connectivity index (χ1v) is 9.87. The molecule has 1 aliphatic rings. The number of piperidine rings is 1. The van der Waals surface area contributed by atoms with Crippen LogP contribution in [0.25, 0.3) is 11.0 Å². The molecule has 3 aromatic rings. The lowest BCUT2D eigenvalue weighted by atomic mass is 9.89. The molecule has 1 saturated heterocycles. The van der Waals surface area contributed by atoms with E-state index in [-0.39, 0.29) is 40.5 Å². The minimum absolute atomic E-state index is 0. The van der Waals surface area contributed by atoms with E-state index in [2.05, 4.69) is 15.6 Å². The van der Waals surface area contributed by atoms with Crippen molar-refractivity contribution in [2.24, 2.45) is 7.05 Å². The number of halogens is 4. The van der Waals surface area contributed by atoms with Crippen LogP contribution in [-0.2, 0) is 13.2 Å². The highest BCUT2D eigenvalue weighted by Gasteiger charge is 2.39. The monoisotopic (exact) mass is 463 g/mol. The number of nitrogens with one attached hydrogen (secondary N) is 2. The van der Waals surface area contributed by atoms with Gasteiger partial charge in [-0.3, -0.25) is 4.79 Å². The number of hydrogen-bond acceptors (Lipinski definition) is 4. The predicted octanol–water partition coefficient (Wildman–Crippen LogP) is 4.60. The Hall–Kier alpha value is -3.09. The van der Waals surface area contributed by atoms with E-state index in [4.69, 9.17) is 5.26 Å². The molecule has 4 rings (SSSR count). The maximum Gasteiger partial charge on any atom is 0.419 e. The number of fused-ring (bicyclic) bond motifs is 1. The molecule has 6 nitrogen and oxygen atoms in total. The van der Waals surface area contributed by atoms with Gasteiger partial charge in [-0.2, -0.15) is 18.4 Å². The zero-order valence-corrected chi connectivity index (χ0v) is 18.0. The van der Waals surface area contributed by atoms with Crippen molar-refractivity contribution in [1.29, 1.82) is 5.26 Å². The third-order valence-corrected chi connectivity index (χ3v) is 5.58. The van der Waals surface area contributed by atoms with Crippen molar-refractivity contribution in [3.8, 4) is 6.07 Å². The highest BCUT2D eigenvalue weighted by Crippen LogP contribution is 2.44. The van der Waals surface area contributed by atoms with Gasteiger partial charge in [0.1, 0.15) is 5.65 Å². The topological polar surface area (TPSA) is 82.7 Å². The van der Waals surface area contributed by atoms with Gasteiger partial charge in [0.15, 0.2) is 0 Å². The van der Waals surface area contributed by atoms with E-state index in [1.54, 1.807) is 17.8 Å². The zero-order chi connectivity index (χ0) is 22.2. The fraction of sp³-hybridized carbons (Fsp3) is 0.318. The maximum atomic E-state index is 14.3. The number of alkyl halides is 3. The molecule has 2 aromatic heterocycles. The molecule has 0 bridgehead atoms. The fourth-order valence-electron chi connectivity index (χ4n) is 4.13. The second-order valence-corrected chi connectivity index (χ2v) is 7.61. The second-order valence-electron chi connectivity index (χ2n) is 7.61. The van der Waals surface area contributed by atoms with Gasteiger partial charge in [0.2, 0.25) is 0 Å². The number of anilines is 1. The number of aryl methyl sites for hydroxylation is 1. The number of carbonyl (C=O) groups is 1. The van der Waals surface area contributed by atoms with Crippen molar-refractivity contribution < 1.29 is 18.0 Å². The molecule has 1 amide bonds. The minimum Gasteiger partial charge on any atom is -0.335 e. The Morgan fingerprint density at radius 2 is 2.03 bits per heavy atom. The van der Waals surface area contributed by atoms with E-state index in [0.29, 0.717) is 5.56 Å². The van der Waals surface area contributed by atoms with Gasteiger partial charge in [-0.15, -0.1) is 12.4 Å². The van der Waals surface area contributed by atoms with Crippen molar-refractivity contribution in [1.82, 2.24) is 14.9 Å². The van der Waals surface area contributed by atoms with Gasteiger partial charge in [0, 0.05) is 24.2 Å². The number of hydrogen-bond donors (Lipinski definition) is 2. The summed E-state index contributed by atoms with van der Waals surface area (Å²) in [6, 6.07) is 7.71. The summed E-state index contributed by atoms with van der Waals surface area (Å²) in [6.07, 6.45) is -0.475. The van der Waals surface area contributed by atoms with E-state index in [9.17, 15) is 18.0 Å². The summed E-state index contributed by atoms with van der Waals surface area (Å²) in [7, 11) is 1.67. The van der Waals surface area contributed by atoms with Crippen molar-refractivity contribution in [3.05, 3.63) is 58.9 Å². The van der Waals surface area contributed by atoms with E-state index < -0.39 is 23.3 Å². The molecule has 10 heteroatoms. The molecule has 1 aromatic carbocycles. The number of nitrogens with zero attached hydrogens (tertiary/aromatic N) is 3. The van der Waals surface area contributed by atoms with E-state index in [1.807, 2.05) is 6.07 Å². The standard InChI is InChI=1S/C22H20F3N5O.ClH/c1-30-12-16(14-5-7-27-8-6-14)18-19(22(23,24)25)17(11-28-20(18)30)29-21(31)15-4-2-3-13(9-15)10-26;/h2-4,9,11-12,14,27H,5-8H2,1H3,(H,29,31);1H. The molecule has 0 spiro atoms. The van der Waals surface area contributed by atoms with Gasteiger partial charge in [-0.25, -0.2) is 4.98 Å². The lowest BCUT2D eigenvalue weighted by Crippen LogP contribution is -2.26. The number of aromatic nitrogens is 2. The van der Waals surface area contributed by atoms with Crippen LogP contribution in [0, 0.1) is 11.3 Å². The van der Waals surface area contributed by atoms with Crippen LogP contribution in [0.3, 0.4) is 0 Å². The Bertz CT molecular complexity index is 1190. The molecule has 168 valence electrons. The number of carbonyl (C=O) groups excluding carboxylic acids is 1. The van der Waals surface area contributed by atoms with Crippen LogP contribution in [0.15, 0.2) is 36.7 Å². The summed E-state index contributed by atoms with van der Waals surface area (Å²) < 4.78 is 44.4. The molecule has 32 heavy (non-hydrogen) atoms. The van der Waals surface area contributed by atoms with Crippen LogP contribution in [-0.4, -0.2) is 28.5 Å². The second kappa shape index (κ2) is 9.18.